The molecule has 0 heterocycles. The van der Waals surface area contributed by atoms with Crippen molar-refractivity contribution in [3.8, 4) is 0 Å². The molecule has 0 saturated carbocycles. The quantitative estimate of drug-likeness (QED) is 0.580. The molecule has 0 aromatic carbocycles. The van der Waals surface area contributed by atoms with Crippen LogP contribution in [0.4, 0.5) is 13.2 Å². The summed E-state index contributed by atoms with van der Waals surface area (Å²) in [4.78, 5) is 22.5. The lowest BCUT2D eigenvalue weighted by atomic mass is 9.90. The third-order valence-electron chi connectivity index (χ3n) is 2.90. The minimum Gasteiger partial charge on any atom is -0.469 e. The molecule has 4 nitrogen and oxygen atoms in total. The van der Waals surface area contributed by atoms with Gasteiger partial charge in [0.1, 0.15) is 0 Å². The Bertz CT molecular complexity index is 353. The maximum atomic E-state index is 12.3. The lowest BCUT2D eigenvalue weighted by Crippen LogP contribution is -2.46. The van der Waals surface area contributed by atoms with Crippen molar-refractivity contribution in [1.82, 2.24) is 5.32 Å². The summed E-state index contributed by atoms with van der Waals surface area (Å²) in [6.07, 6.45) is -3.10. The molecule has 0 bridgehead atoms. The van der Waals surface area contributed by atoms with Crippen LogP contribution < -0.4 is 5.32 Å². The van der Waals surface area contributed by atoms with Gasteiger partial charge in [0, 0.05) is 6.04 Å². The van der Waals surface area contributed by atoms with E-state index in [0.717, 1.165) is 0 Å². The average molecular weight is 295 g/mol. The lowest BCUT2D eigenvalue weighted by molar-refractivity contribution is -0.175. The lowest BCUT2D eigenvalue weighted by Gasteiger charge is -2.26. The third-order valence-corrected chi connectivity index (χ3v) is 2.90. The fourth-order valence-corrected chi connectivity index (χ4v) is 1.71. The summed E-state index contributed by atoms with van der Waals surface area (Å²) < 4.78 is 41.4. The van der Waals surface area contributed by atoms with Gasteiger partial charge in [0.15, 0.2) is 0 Å². The first-order chi connectivity index (χ1) is 9.13. The molecule has 0 fully saturated rings. The van der Waals surface area contributed by atoms with Gasteiger partial charge in [0.25, 0.3) is 0 Å². The van der Waals surface area contributed by atoms with Crippen molar-refractivity contribution < 1.29 is 27.5 Å². The van der Waals surface area contributed by atoms with E-state index in [1.165, 1.54) is 13.2 Å². The number of halogens is 3. The number of hydrogen-bond acceptors (Lipinski definition) is 3. The SMILES string of the molecule is C=CC[C@@H](C[C@H](NC(=O)C(F)(F)F)C(C)C)C(=O)OC. The number of nitrogens with one attached hydrogen (secondary N) is 1. The number of carbonyl (C=O) groups is 2. The molecule has 7 heteroatoms. The zero-order valence-electron chi connectivity index (χ0n) is 11.8. The normalized spacial score (nSPS) is 14.6. The van der Waals surface area contributed by atoms with E-state index in [1.54, 1.807) is 13.8 Å². The van der Waals surface area contributed by atoms with Crippen LogP contribution in [0.2, 0.25) is 0 Å². The molecule has 0 radical (unpaired) electrons. The molecular formula is C13H20F3NO3. The highest BCUT2D eigenvalue weighted by atomic mass is 19.4. The second-order valence-corrected chi connectivity index (χ2v) is 4.80. The van der Waals surface area contributed by atoms with E-state index in [2.05, 4.69) is 11.3 Å². The molecule has 0 aromatic rings. The molecule has 20 heavy (non-hydrogen) atoms. The van der Waals surface area contributed by atoms with Gasteiger partial charge in [-0.2, -0.15) is 13.2 Å². The molecular weight excluding hydrogens is 275 g/mol. The van der Waals surface area contributed by atoms with E-state index >= 15 is 0 Å². The van der Waals surface area contributed by atoms with Crippen LogP contribution in [-0.2, 0) is 14.3 Å². The Morgan fingerprint density at radius 3 is 2.25 bits per heavy atom. The van der Waals surface area contributed by atoms with Gasteiger partial charge in [-0.05, 0) is 18.8 Å². The summed E-state index contributed by atoms with van der Waals surface area (Å²) in [7, 11) is 1.21. The molecule has 0 aliphatic heterocycles. The van der Waals surface area contributed by atoms with Crippen LogP contribution in [0.1, 0.15) is 26.7 Å². The van der Waals surface area contributed by atoms with Crippen molar-refractivity contribution in [3.05, 3.63) is 12.7 Å². The standard InChI is InChI=1S/C13H20F3NO3/c1-5-6-9(11(18)20-4)7-10(8(2)3)17-12(19)13(14,15)16/h5,8-10H,1,6-7H2,2-4H3,(H,17,19)/t9-,10-/m0/s1. The van der Waals surface area contributed by atoms with Crippen molar-refractivity contribution in [2.24, 2.45) is 11.8 Å². The molecule has 116 valence electrons. The number of carbonyl (C=O) groups excluding carboxylic acids is 2. The van der Waals surface area contributed by atoms with Crippen LogP contribution in [0.5, 0.6) is 0 Å². The number of methoxy groups -OCH3 is 1. The molecule has 2 atom stereocenters. The number of esters is 1. The Morgan fingerprint density at radius 1 is 1.35 bits per heavy atom. The van der Waals surface area contributed by atoms with E-state index in [9.17, 15) is 22.8 Å². The molecule has 1 amide bonds. The van der Waals surface area contributed by atoms with Gasteiger partial charge in [-0.1, -0.05) is 19.9 Å². The molecule has 0 unspecified atom stereocenters. The summed E-state index contributed by atoms with van der Waals surface area (Å²) in [6.45, 7) is 6.83. The highest BCUT2D eigenvalue weighted by Gasteiger charge is 2.40. The molecule has 0 saturated heterocycles. The predicted octanol–water partition coefficient (Wildman–Crippen LogP) is 2.44. The average Bonchev–Trinajstić information content (AvgIpc) is 2.34. The van der Waals surface area contributed by atoms with Gasteiger partial charge in [-0.3, -0.25) is 9.59 Å². The van der Waals surface area contributed by atoms with Gasteiger partial charge in [0.2, 0.25) is 0 Å². The first-order valence-corrected chi connectivity index (χ1v) is 6.19. The fourth-order valence-electron chi connectivity index (χ4n) is 1.71. The Labute approximate surface area is 116 Å². The highest BCUT2D eigenvalue weighted by molar-refractivity contribution is 5.82. The Balaban J connectivity index is 4.87. The van der Waals surface area contributed by atoms with Crippen LogP contribution in [0.25, 0.3) is 0 Å². The number of allylic oxidation sites excluding steroid dienone is 1. The van der Waals surface area contributed by atoms with Crippen LogP contribution >= 0.6 is 0 Å². The molecule has 0 aliphatic carbocycles. The Kier molecular flexibility index (Phi) is 7.31. The molecule has 1 N–H and O–H groups in total. The summed E-state index contributed by atoms with van der Waals surface area (Å²) >= 11 is 0. The zero-order chi connectivity index (χ0) is 15.9. The predicted molar refractivity (Wildman–Crippen MR) is 67.8 cm³/mol. The summed E-state index contributed by atoms with van der Waals surface area (Å²) in [5.41, 5.74) is 0. The van der Waals surface area contributed by atoms with Gasteiger partial charge < -0.3 is 10.1 Å². The van der Waals surface area contributed by atoms with Crippen molar-refractivity contribution in [1.29, 1.82) is 0 Å². The largest absolute Gasteiger partial charge is 0.471 e. The molecule has 0 aromatic heterocycles. The second kappa shape index (κ2) is 7.91. The minimum absolute atomic E-state index is 0.0676. The van der Waals surface area contributed by atoms with E-state index < -0.39 is 30.0 Å². The second-order valence-electron chi connectivity index (χ2n) is 4.80. The number of rotatable bonds is 7. The highest BCUT2D eigenvalue weighted by Crippen LogP contribution is 2.21. The van der Waals surface area contributed by atoms with Crippen LogP contribution in [-0.4, -0.2) is 31.2 Å². The van der Waals surface area contributed by atoms with Gasteiger partial charge in [0.05, 0.1) is 13.0 Å². The Morgan fingerprint density at radius 2 is 1.90 bits per heavy atom. The van der Waals surface area contributed by atoms with Crippen molar-refractivity contribution in [3.63, 3.8) is 0 Å². The molecule has 0 rings (SSSR count). The van der Waals surface area contributed by atoms with E-state index in [-0.39, 0.29) is 18.8 Å². The third kappa shape index (κ3) is 6.08. The van der Waals surface area contributed by atoms with Gasteiger partial charge in [-0.25, -0.2) is 0 Å². The minimum atomic E-state index is -4.94. The zero-order valence-corrected chi connectivity index (χ0v) is 11.8. The molecule has 0 aliphatic rings. The first kappa shape index (κ1) is 18.5. The first-order valence-electron chi connectivity index (χ1n) is 6.19. The van der Waals surface area contributed by atoms with Crippen LogP contribution in [0.3, 0.4) is 0 Å². The monoisotopic (exact) mass is 295 g/mol. The summed E-state index contributed by atoms with van der Waals surface area (Å²) in [6, 6.07) is -0.770. The number of alkyl halides is 3. The fraction of sp³-hybridized carbons (Fsp3) is 0.692. The molecule has 0 spiro atoms. The topological polar surface area (TPSA) is 55.4 Å². The number of hydrogen-bond donors (Lipinski definition) is 1. The maximum Gasteiger partial charge on any atom is 0.471 e. The van der Waals surface area contributed by atoms with Crippen LogP contribution in [0, 0.1) is 11.8 Å². The summed E-state index contributed by atoms with van der Waals surface area (Å²) in [5, 5.41) is 1.92. The van der Waals surface area contributed by atoms with Crippen LogP contribution in [0.15, 0.2) is 12.7 Å². The number of amides is 1. The van der Waals surface area contributed by atoms with E-state index in [0.29, 0.717) is 0 Å². The van der Waals surface area contributed by atoms with Gasteiger partial charge >= 0.3 is 18.1 Å². The van der Waals surface area contributed by atoms with Crippen molar-refractivity contribution in [2.75, 3.05) is 7.11 Å². The maximum absolute atomic E-state index is 12.3. The smallest absolute Gasteiger partial charge is 0.469 e. The summed E-state index contributed by atoms with van der Waals surface area (Å²) in [5.74, 6) is -3.41. The van der Waals surface area contributed by atoms with Gasteiger partial charge in [-0.15, -0.1) is 6.58 Å². The van der Waals surface area contributed by atoms with E-state index in [4.69, 9.17) is 0 Å². The van der Waals surface area contributed by atoms with Crippen molar-refractivity contribution in [2.45, 2.75) is 38.9 Å². The Hall–Kier alpha value is -1.53. The number of ether oxygens (including phenoxy) is 1. The van der Waals surface area contributed by atoms with Crippen molar-refractivity contribution >= 4 is 11.9 Å². The van der Waals surface area contributed by atoms with E-state index in [1.807, 2.05) is 5.32 Å².